The van der Waals surface area contributed by atoms with Crippen molar-refractivity contribution in [3.8, 4) is 11.5 Å². The average Bonchev–Trinajstić information content (AvgIpc) is 3.17. The maximum absolute atomic E-state index is 14.0. The van der Waals surface area contributed by atoms with Crippen LogP contribution in [-0.4, -0.2) is 42.6 Å². The Morgan fingerprint density at radius 2 is 1.85 bits per heavy atom. The molecule has 0 saturated carbocycles. The van der Waals surface area contributed by atoms with E-state index in [-0.39, 0.29) is 41.8 Å². The molecule has 0 radical (unpaired) electrons. The first-order valence-corrected chi connectivity index (χ1v) is 10.3. The lowest BCUT2D eigenvalue weighted by atomic mass is 9.88. The number of ether oxygens (including phenoxy) is 2. The molecule has 2 atom stereocenters. The van der Waals surface area contributed by atoms with Gasteiger partial charge in [0.1, 0.15) is 30.7 Å². The third-order valence-corrected chi connectivity index (χ3v) is 5.79. The standard InChI is InChI=1S/C22H20F6N2O4/c23-9-21(10-24)8-18(13-2-1-12(7-19(13)34-21)33-22(26,27)28)30-20(32)29-17-4-3-16(25)14-5-11(31)6-15(14)17/h1-4,7,11,18,31H,5-6,8-10H2,(H2,29,30,32)/t11-,18-/m1/s1. The van der Waals surface area contributed by atoms with Gasteiger partial charge < -0.3 is 25.2 Å². The van der Waals surface area contributed by atoms with E-state index in [1.165, 1.54) is 12.1 Å². The molecule has 4 rings (SSSR count). The van der Waals surface area contributed by atoms with Gasteiger partial charge in [0.15, 0.2) is 5.60 Å². The molecule has 6 nitrogen and oxygen atoms in total. The van der Waals surface area contributed by atoms with Crippen molar-refractivity contribution >= 4 is 11.7 Å². The van der Waals surface area contributed by atoms with Crippen molar-refractivity contribution < 1.29 is 45.7 Å². The van der Waals surface area contributed by atoms with Gasteiger partial charge in [-0.1, -0.05) is 0 Å². The number of fused-ring (bicyclic) bond motifs is 2. The van der Waals surface area contributed by atoms with Crippen LogP contribution in [0.1, 0.15) is 29.2 Å². The SMILES string of the molecule is O=C(Nc1ccc(F)c2c1C[C@H](O)C2)N[C@@H]1CC(CF)(CF)Oc2cc(OC(F)(F)F)ccc21. The number of carbonyl (C=O) groups excluding carboxylic acids is 1. The van der Waals surface area contributed by atoms with Gasteiger partial charge in [0.25, 0.3) is 0 Å². The lowest BCUT2D eigenvalue weighted by molar-refractivity contribution is -0.274. The topological polar surface area (TPSA) is 79.8 Å². The molecular formula is C22H20F6N2O4. The van der Waals surface area contributed by atoms with E-state index in [1.54, 1.807) is 0 Å². The minimum atomic E-state index is -4.99. The average molecular weight is 490 g/mol. The largest absolute Gasteiger partial charge is 0.573 e. The Bertz CT molecular complexity index is 1090. The maximum atomic E-state index is 14.0. The Morgan fingerprint density at radius 1 is 1.15 bits per heavy atom. The van der Waals surface area contributed by atoms with Crippen LogP contribution in [0.5, 0.6) is 11.5 Å². The van der Waals surface area contributed by atoms with Gasteiger partial charge in [-0.15, -0.1) is 13.2 Å². The molecule has 2 aliphatic rings. The molecule has 2 amide bonds. The highest BCUT2D eigenvalue weighted by Crippen LogP contribution is 2.43. The van der Waals surface area contributed by atoms with Crippen LogP contribution in [-0.2, 0) is 12.8 Å². The summed E-state index contributed by atoms with van der Waals surface area (Å²) in [6, 6.07) is 3.71. The Morgan fingerprint density at radius 3 is 2.53 bits per heavy atom. The Kier molecular flexibility index (Phi) is 6.28. The van der Waals surface area contributed by atoms with Gasteiger partial charge in [-0.3, -0.25) is 0 Å². The predicted octanol–water partition coefficient (Wildman–Crippen LogP) is 4.51. The van der Waals surface area contributed by atoms with E-state index in [9.17, 15) is 36.2 Å². The maximum Gasteiger partial charge on any atom is 0.573 e. The number of alkyl halides is 5. The highest BCUT2D eigenvalue weighted by Gasteiger charge is 2.43. The summed E-state index contributed by atoms with van der Waals surface area (Å²) in [5.41, 5.74) is -0.835. The lowest BCUT2D eigenvalue weighted by Crippen LogP contribution is -2.49. The molecule has 184 valence electrons. The van der Waals surface area contributed by atoms with Crippen LogP contribution >= 0.6 is 0 Å². The van der Waals surface area contributed by atoms with Crippen molar-refractivity contribution in [3.05, 3.63) is 52.8 Å². The third kappa shape index (κ3) is 4.86. The van der Waals surface area contributed by atoms with Crippen LogP contribution < -0.4 is 20.1 Å². The monoisotopic (exact) mass is 490 g/mol. The van der Waals surface area contributed by atoms with Crippen LogP contribution in [0.15, 0.2) is 30.3 Å². The summed E-state index contributed by atoms with van der Waals surface area (Å²) in [5, 5.41) is 14.9. The molecule has 0 aromatic heterocycles. The van der Waals surface area contributed by atoms with Gasteiger partial charge >= 0.3 is 12.4 Å². The van der Waals surface area contributed by atoms with Crippen molar-refractivity contribution in [1.82, 2.24) is 5.32 Å². The van der Waals surface area contributed by atoms with E-state index in [1.807, 2.05) is 0 Å². The van der Waals surface area contributed by atoms with Gasteiger partial charge in [-0.05, 0) is 35.4 Å². The summed E-state index contributed by atoms with van der Waals surface area (Å²) in [4.78, 5) is 12.7. The first kappa shape index (κ1) is 24.0. The number of urea groups is 1. The molecule has 0 spiro atoms. The fraction of sp³-hybridized carbons (Fsp3) is 0.409. The van der Waals surface area contributed by atoms with Crippen LogP contribution in [0.25, 0.3) is 0 Å². The number of hydrogen-bond acceptors (Lipinski definition) is 4. The summed E-state index contributed by atoms with van der Waals surface area (Å²) in [6.45, 7) is -2.59. The van der Waals surface area contributed by atoms with Crippen molar-refractivity contribution in [3.63, 3.8) is 0 Å². The second kappa shape index (κ2) is 8.90. The van der Waals surface area contributed by atoms with E-state index >= 15 is 0 Å². The molecular weight excluding hydrogens is 470 g/mol. The van der Waals surface area contributed by atoms with Gasteiger partial charge in [0.05, 0.1) is 12.1 Å². The zero-order valence-corrected chi connectivity index (χ0v) is 17.5. The molecule has 1 aliphatic heterocycles. The number of nitrogens with one attached hydrogen (secondary N) is 2. The number of amides is 2. The highest BCUT2D eigenvalue weighted by molar-refractivity contribution is 5.91. The fourth-order valence-corrected chi connectivity index (χ4v) is 4.27. The molecule has 0 bridgehead atoms. The van der Waals surface area contributed by atoms with E-state index in [0.717, 1.165) is 18.2 Å². The van der Waals surface area contributed by atoms with Crippen LogP contribution in [0.3, 0.4) is 0 Å². The molecule has 3 N–H and O–H groups in total. The predicted molar refractivity (Wildman–Crippen MR) is 108 cm³/mol. The summed E-state index contributed by atoms with van der Waals surface area (Å²) in [5.74, 6) is -1.42. The summed E-state index contributed by atoms with van der Waals surface area (Å²) in [6.07, 6.45) is -5.87. The molecule has 1 heterocycles. The Labute approximate surface area is 189 Å². The Hall–Kier alpha value is -3.15. The zero-order valence-electron chi connectivity index (χ0n) is 17.5. The first-order valence-electron chi connectivity index (χ1n) is 10.3. The number of aliphatic hydroxyl groups excluding tert-OH is 1. The summed E-state index contributed by atoms with van der Waals surface area (Å²) >= 11 is 0. The number of hydrogen-bond donors (Lipinski definition) is 3. The second-order valence-electron chi connectivity index (χ2n) is 8.27. The minimum Gasteiger partial charge on any atom is -0.481 e. The zero-order chi connectivity index (χ0) is 24.7. The Balaban J connectivity index is 1.58. The molecule has 2 aromatic rings. The molecule has 0 unspecified atom stereocenters. The molecule has 0 saturated heterocycles. The van der Waals surface area contributed by atoms with Crippen molar-refractivity contribution in [2.24, 2.45) is 0 Å². The number of benzene rings is 2. The van der Waals surface area contributed by atoms with Gasteiger partial charge in [-0.25, -0.2) is 18.0 Å². The van der Waals surface area contributed by atoms with Crippen molar-refractivity contribution in [2.45, 2.75) is 43.4 Å². The second-order valence-corrected chi connectivity index (χ2v) is 8.27. The smallest absolute Gasteiger partial charge is 0.481 e. The number of halogens is 6. The van der Waals surface area contributed by atoms with Crippen LogP contribution in [0.2, 0.25) is 0 Å². The quantitative estimate of drug-likeness (QED) is 0.539. The van der Waals surface area contributed by atoms with Gasteiger partial charge in [0, 0.05) is 36.6 Å². The highest BCUT2D eigenvalue weighted by atomic mass is 19.4. The van der Waals surface area contributed by atoms with Crippen LogP contribution in [0, 0.1) is 5.82 Å². The number of carbonyl (C=O) groups is 1. The van der Waals surface area contributed by atoms with E-state index in [4.69, 9.17) is 4.74 Å². The molecule has 34 heavy (non-hydrogen) atoms. The van der Waals surface area contributed by atoms with Gasteiger partial charge in [-0.2, -0.15) is 0 Å². The molecule has 0 fully saturated rings. The first-order chi connectivity index (χ1) is 16.0. The molecule has 12 heteroatoms. The minimum absolute atomic E-state index is 0.101. The lowest BCUT2D eigenvalue weighted by Gasteiger charge is -2.39. The summed E-state index contributed by atoms with van der Waals surface area (Å²) < 4.78 is 88.4. The van der Waals surface area contributed by atoms with E-state index in [2.05, 4.69) is 15.4 Å². The normalized spacial score (nSPS) is 20.7. The van der Waals surface area contributed by atoms with Crippen molar-refractivity contribution in [1.29, 1.82) is 0 Å². The van der Waals surface area contributed by atoms with Crippen molar-refractivity contribution in [2.75, 3.05) is 18.7 Å². The number of anilines is 1. The third-order valence-electron chi connectivity index (χ3n) is 5.79. The summed E-state index contributed by atoms with van der Waals surface area (Å²) in [7, 11) is 0. The molecule has 1 aliphatic carbocycles. The number of rotatable bonds is 5. The van der Waals surface area contributed by atoms with Crippen LogP contribution in [0.4, 0.5) is 36.8 Å². The molecule has 2 aromatic carbocycles. The van der Waals surface area contributed by atoms with Gasteiger partial charge in [0.2, 0.25) is 0 Å². The van der Waals surface area contributed by atoms with E-state index in [0.29, 0.717) is 5.56 Å². The number of aliphatic hydroxyl groups is 1. The fourth-order valence-electron chi connectivity index (χ4n) is 4.27. The van der Waals surface area contributed by atoms with E-state index < -0.39 is 55.1 Å².